The van der Waals surface area contributed by atoms with Crippen LogP contribution in [0.5, 0.6) is 0 Å². The molecule has 0 aromatic rings. The highest BCUT2D eigenvalue weighted by molar-refractivity contribution is 4.93. The first-order valence-electron chi connectivity index (χ1n) is 3.48. The van der Waals surface area contributed by atoms with Crippen LogP contribution in [0.1, 0.15) is 26.7 Å². The first kappa shape index (κ1) is 7.03. The Morgan fingerprint density at radius 2 is 2.11 bits per heavy atom. The summed E-state index contributed by atoms with van der Waals surface area (Å²) in [5.74, 6) is 0. The lowest BCUT2D eigenvalue weighted by atomic mass is 9.89. The monoisotopic (exact) mass is 129 g/mol. The molecule has 0 aromatic heterocycles. The quantitative estimate of drug-likeness (QED) is 0.500. The minimum absolute atomic E-state index is 0.0139. The first-order valence-corrected chi connectivity index (χ1v) is 3.48. The van der Waals surface area contributed by atoms with Crippen molar-refractivity contribution in [3.05, 3.63) is 0 Å². The Morgan fingerprint density at radius 1 is 1.56 bits per heavy atom. The zero-order valence-corrected chi connectivity index (χ0v) is 6.09. The predicted molar refractivity (Wildman–Crippen MR) is 37.0 cm³/mol. The Labute approximate surface area is 56.1 Å². The fourth-order valence-electron chi connectivity index (χ4n) is 1.42. The average Bonchev–Trinajstić information content (AvgIpc) is 1.97. The van der Waals surface area contributed by atoms with Gasteiger partial charge in [0.1, 0.15) is 0 Å². The van der Waals surface area contributed by atoms with Crippen LogP contribution in [0.15, 0.2) is 0 Å². The van der Waals surface area contributed by atoms with Gasteiger partial charge in [-0.15, -0.1) is 0 Å². The highest BCUT2D eigenvalue weighted by Crippen LogP contribution is 2.36. The molecule has 3 N–H and O–H groups in total. The summed E-state index contributed by atoms with van der Waals surface area (Å²) in [5.41, 5.74) is 5.66. The fourth-order valence-corrected chi connectivity index (χ4v) is 1.42. The van der Waals surface area contributed by atoms with Crippen molar-refractivity contribution in [2.75, 3.05) is 0 Å². The highest BCUT2D eigenvalue weighted by atomic mass is 16.3. The van der Waals surface area contributed by atoms with Crippen molar-refractivity contribution >= 4 is 0 Å². The topological polar surface area (TPSA) is 46.2 Å². The molecule has 0 bridgehead atoms. The smallest absolute Gasteiger partial charge is 0.0741 e. The maximum atomic E-state index is 9.40. The van der Waals surface area contributed by atoms with E-state index in [4.69, 9.17) is 5.73 Å². The second-order valence-corrected chi connectivity index (χ2v) is 3.64. The van der Waals surface area contributed by atoms with Gasteiger partial charge in [-0.05, 0) is 18.3 Å². The van der Waals surface area contributed by atoms with Gasteiger partial charge in [-0.2, -0.15) is 0 Å². The van der Waals surface area contributed by atoms with Gasteiger partial charge in [0.15, 0.2) is 0 Å². The van der Waals surface area contributed by atoms with Crippen LogP contribution in [0.25, 0.3) is 0 Å². The predicted octanol–water partition coefficient (Wildman–Crippen LogP) is 0.495. The van der Waals surface area contributed by atoms with Crippen molar-refractivity contribution in [2.24, 2.45) is 11.1 Å². The van der Waals surface area contributed by atoms with Crippen molar-refractivity contribution in [2.45, 2.75) is 38.8 Å². The third-order valence-electron chi connectivity index (χ3n) is 2.33. The molecule has 1 saturated carbocycles. The molecule has 2 nitrogen and oxygen atoms in total. The van der Waals surface area contributed by atoms with Crippen molar-refractivity contribution in [1.29, 1.82) is 0 Å². The Kier molecular flexibility index (Phi) is 1.53. The van der Waals surface area contributed by atoms with E-state index in [-0.39, 0.29) is 17.6 Å². The lowest BCUT2D eigenvalue weighted by Crippen LogP contribution is -2.36. The van der Waals surface area contributed by atoms with Crippen LogP contribution in [-0.2, 0) is 0 Å². The molecule has 54 valence electrons. The van der Waals surface area contributed by atoms with Gasteiger partial charge in [0.2, 0.25) is 0 Å². The molecule has 0 saturated heterocycles. The molecule has 0 aromatic carbocycles. The molecule has 0 aliphatic heterocycles. The largest absolute Gasteiger partial charge is 0.391 e. The van der Waals surface area contributed by atoms with Crippen molar-refractivity contribution < 1.29 is 5.11 Å². The lowest BCUT2D eigenvalue weighted by molar-refractivity contribution is 0.0684. The second-order valence-electron chi connectivity index (χ2n) is 3.64. The zero-order chi connectivity index (χ0) is 7.07. The third-order valence-corrected chi connectivity index (χ3v) is 2.33. The SMILES string of the molecule is CC1(C)CCC(N)C1O. The van der Waals surface area contributed by atoms with Crippen LogP contribution in [0.2, 0.25) is 0 Å². The van der Waals surface area contributed by atoms with Gasteiger partial charge in [-0.1, -0.05) is 13.8 Å². The molecular weight excluding hydrogens is 114 g/mol. The third kappa shape index (κ3) is 1.10. The van der Waals surface area contributed by atoms with Gasteiger partial charge in [0, 0.05) is 6.04 Å². The Balaban J connectivity index is 2.62. The number of nitrogens with two attached hydrogens (primary N) is 1. The Bertz CT molecular complexity index is 111. The number of aliphatic hydroxyl groups excluding tert-OH is 1. The summed E-state index contributed by atoms with van der Waals surface area (Å²) < 4.78 is 0. The minimum Gasteiger partial charge on any atom is -0.391 e. The van der Waals surface area contributed by atoms with Gasteiger partial charge in [-0.25, -0.2) is 0 Å². The second kappa shape index (κ2) is 1.96. The molecule has 2 heteroatoms. The van der Waals surface area contributed by atoms with Crippen LogP contribution in [0, 0.1) is 5.41 Å². The molecular formula is C7H15NO. The summed E-state index contributed by atoms with van der Waals surface area (Å²) in [6.45, 7) is 4.12. The van der Waals surface area contributed by atoms with E-state index < -0.39 is 0 Å². The molecule has 0 radical (unpaired) electrons. The van der Waals surface area contributed by atoms with E-state index >= 15 is 0 Å². The molecule has 0 amide bonds. The molecule has 1 fully saturated rings. The van der Waals surface area contributed by atoms with Crippen LogP contribution >= 0.6 is 0 Å². The van der Waals surface area contributed by atoms with Gasteiger partial charge in [0.25, 0.3) is 0 Å². The first-order chi connectivity index (χ1) is 4.04. The highest BCUT2D eigenvalue weighted by Gasteiger charge is 2.38. The van der Waals surface area contributed by atoms with Crippen LogP contribution in [0.4, 0.5) is 0 Å². The average molecular weight is 129 g/mol. The molecule has 2 unspecified atom stereocenters. The molecule has 1 rings (SSSR count). The van der Waals surface area contributed by atoms with Gasteiger partial charge >= 0.3 is 0 Å². The molecule has 1 aliphatic carbocycles. The number of aliphatic hydroxyl groups is 1. The van der Waals surface area contributed by atoms with Crippen molar-refractivity contribution in [3.8, 4) is 0 Å². The summed E-state index contributed by atoms with van der Waals surface area (Å²) in [7, 11) is 0. The van der Waals surface area contributed by atoms with E-state index in [0.717, 1.165) is 12.8 Å². The summed E-state index contributed by atoms with van der Waals surface area (Å²) in [6, 6.07) is 0.0139. The van der Waals surface area contributed by atoms with Crippen molar-refractivity contribution in [1.82, 2.24) is 0 Å². The van der Waals surface area contributed by atoms with Gasteiger partial charge < -0.3 is 10.8 Å². The Morgan fingerprint density at radius 3 is 2.22 bits per heavy atom. The van der Waals surface area contributed by atoms with Crippen LogP contribution in [0.3, 0.4) is 0 Å². The van der Waals surface area contributed by atoms with E-state index in [1.807, 2.05) is 0 Å². The van der Waals surface area contributed by atoms with Crippen LogP contribution < -0.4 is 5.73 Å². The number of hydrogen-bond acceptors (Lipinski definition) is 2. The van der Waals surface area contributed by atoms with E-state index in [9.17, 15) is 5.11 Å². The molecule has 0 heterocycles. The van der Waals surface area contributed by atoms with Gasteiger partial charge in [-0.3, -0.25) is 0 Å². The lowest BCUT2D eigenvalue weighted by Gasteiger charge is -2.23. The standard InChI is InChI=1S/C7H15NO/c1-7(2)4-3-5(8)6(7)9/h5-6,9H,3-4,8H2,1-2H3. The van der Waals surface area contributed by atoms with Crippen LogP contribution in [-0.4, -0.2) is 17.3 Å². The number of hydrogen-bond donors (Lipinski definition) is 2. The summed E-state index contributed by atoms with van der Waals surface area (Å²) in [5, 5.41) is 9.40. The fraction of sp³-hybridized carbons (Fsp3) is 1.00. The van der Waals surface area contributed by atoms with Gasteiger partial charge in [0.05, 0.1) is 6.10 Å². The zero-order valence-electron chi connectivity index (χ0n) is 6.09. The van der Waals surface area contributed by atoms with E-state index in [1.165, 1.54) is 0 Å². The van der Waals surface area contributed by atoms with E-state index in [0.29, 0.717) is 0 Å². The summed E-state index contributed by atoms with van der Waals surface area (Å²) in [4.78, 5) is 0. The van der Waals surface area contributed by atoms with Crippen molar-refractivity contribution in [3.63, 3.8) is 0 Å². The van der Waals surface area contributed by atoms with E-state index in [1.54, 1.807) is 0 Å². The summed E-state index contributed by atoms with van der Waals surface area (Å²) in [6.07, 6.45) is 1.72. The maximum Gasteiger partial charge on any atom is 0.0741 e. The normalized spacial score (nSPS) is 41.3. The molecule has 9 heavy (non-hydrogen) atoms. The molecule has 2 atom stereocenters. The maximum absolute atomic E-state index is 9.40. The molecule has 1 aliphatic rings. The minimum atomic E-state index is -0.294. The number of rotatable bonds is 0. The van der Waals surface area contributed by atoms with E-state index in [2.05, 4.69) is 13.8 Å². The molecule has 0 spiro atoms. The Hall–Kier alpha value is -0.0800. The summed E-state index contributed by atoms with van der Waals surface area (Å²) >= 11 is 0.